The van der Waals surface area contributed by atoms with Crippen LogP contribution < -0.4 is 10.4 Å². The number of amides is 1. The van der Waals surface area contributed by atoms with Gasteiger partial charge in [-0.05, 0) is 26.2 Å². The second-order valence-electron chi connectivity index (χ2n) is 11.0. The quantitative estimate of drug-likeness (QED) is 0.117. The van der Waals surface area contributed by atoms with E-state index in [9.17, 15) is 14.7 Å². The van der Waals surface area contributed by atoms with Gasteiger partial charge in [0.25, 0.3) is 0 Å². The van der Waals surface area contributed by atoms with Crippen molar-refractivity contribution in [2.75, 3.05) is 33.7 Å². The molecule has 0 aromatic carbocycles. The average Bonchev–Trinajstić information content (AvgIpc) is 2.78. The minimum atomic E-state index is -1.01. The van der Waals surface area contributed by atoms with Crippen molar-refractivity contribution in [2.24, 2.45) is 0 Å². The summed E-state index contributed by atoms with van der Waals surface area (Å²) in [7, 11) is 4.13. The molecule has 0 radical (unpaired) electrons. The number of hydrogen-bond acceptors (Lipinski definition) is 4. The molecule has 0 aromatic rings. The predicted octanol–water partition coefficient (Wildman–Crippen LogP) is 6.36. The minimum Gasteiger partial charge on any atom is -0.550 e. The number of alkyl carbamates (subject to hydrolysis) is 1. The number of rotatable bonds is 25. The third-order valence-corrected chi connectivity index (χ3v) is 6.82. The third-order valence-electron chi connectivity index (χ3n) is 6.82. The highest BCUT2D eigenvalue weighted by molar-refractivity contribution is 5.67. The van der Waals surface area contributed by atoms with Crippen molar-refractivity contribution in [1.82, 2.24) is 5.32 Å². The molecule has 0 aliphatic carbocycles. The van der Waals surface area contributed by atoms with Gasteiger partial charge < -0.3 is 24.4 Å². The van der Waals surface area contributed by atoms with Gasteiger partial charge in [0, 0.05) is 18.9 Å². The lowest BCUT2D eigenvalue weighted by atomic mass is 10.0. The lowest BCUT2D eigenvalue weighted by Gasteiger charge is -2.33. The second kappa shape index (κ2) is 23.1. The zero-order valence-corrected chi connectivity index (χ0v) is 23.7. The highest BCUT2D eigenvalue weighted by Gasteiger charge is 2.24. The molecule has 1 unspecified atom stereocenters. The average molecular weight is 499 g/mol. The summed E-state index contributed by atoms with van der Waals surface area (Å²) in [6, 6.07) is 0. The summed E-state index contributed by atoms with van der Waals surface area (Å²) >= 11 is 0. The molecule has 1 N–H and O–H groups in total. The lowest BCUT2D eigenvalue weighted by molar-refractivity contribution is -0.893. The Hall–Kier alpha value is -1.30. The van der Waals surface area contributed by atoms with Gasteiger partial charge in [-0.25, -0.2) is 4.79 Å². The number of quaternary nitrogens is 1. The molecule has 1 amide bonds. The first kappa shape index (κ1) is 33.7. The fraction of sp³-hybridized carbons (Fsp3) is 0.931. The maximum atomic E-state index is 12.0. The first-order chi connectivity index (χ1) is 16.8. The van der Waals surface area contributed by atoms with Crippen LogP contribution in [0, 0.1) is 0 Å². The molecule has 0 bridgehead atoms. The van der Waals surface area contributed by atoms with Crippen molar-refractivity contribution in [1.29, 1.82) is 0 Å². The molecular weight excluding hydrogens is 440 g/mol. The van der Waals surface area contributed by atoms with Crippen molar-refractivity contribution in [3.63, 3.8) is 0 Å². The maximum absolute atomic E-state index is 12.0. The van der Waals surface area contributed by atoms with E-state index >= 15 is 0 Å². The molecule has 0 fully saturated rings. The molecule has 208 valence electrons. The summed E-state index contributed by atoms with van der Waals surface area (Å²) in [5.74, 6) is -1.01. The molecule has 0 saturated carbocycles. The van der Waals surface area contributed by atoms with E-state index in [4.69, 9.17) is 4.74 Å². The summed E-state index contributed by atoms with van der Waals surface area (Å²) < 4.78 is 6.32. The van der Waals surface area contributed by atoms with E-state index < -0.39 is 5.97 Å². The Morgan fingerprint density at radius 3 is 1.63 bits per heavy atom. The Morgan fingerprint density at radius 2 is 1.20 bits per heavy atom. The number of nitrogens with one attached hydrogen (secondary N) is 1. The van der Waals surface area contributed by atoms with E-state index in [1.807, 2.05) is 6.92 Å². The topological polar surface area (TPSA) is 78.5 Å². The van der Waals surface area contributed by atoms with Gasteiger partial charge in [0.15, 0.2) is 6.10 Å². The van der Waals surface area contributed by atoms with Crippen LogP contribution in [0.15, 0.2) is 0 Å². The van der Waals surface area contributed by atoms with Gasteiger partial charge in [0.05, 0.1) is 20.6 Å². The van der Waals surface area contributed by atoms with E-state index in [0.29, 0.717) is 24.0 Å². The van der Waals surface area contributed by atoms with Gasteiger partial charge in [-0.15, -0.1) is 0 Å². The van der Waals surface area contributed by atoms with Crippen LogP contribution in [0.1, 0.15) is 136 Å². The number of carboxylic acids is 1. The van der Waals surface area contributed by atoms with Gasteiger partial charge in [0.2, 0.25) is 0 Å². The van der Waals surface area contributed by atoms with Crippen LogP contribution in [-0.4, -0.2) is 56.4 Å². The molecular formula is C29H58N2O4. The zero-order valence-electron chi connectivity index (χ0n) is 23.7. The molecule has 6 nitrogen and oxygen atoms in total. The summed E-state index contributed by atoms with van der Waals surface area (Å²) in [5.41, 5.74) is 0. The Bertz CT molecular complexity index is 511. The van der Waals surface area contributed by atoms with Crippen molar-refractivity contribution in [3.05, 3.63) is 0 Å². The minimum absolute atomic E-state index is 0.0721. The Balaban J connectivity index is 3.90. The van der Waals surface area contributed by atoms with Crippen LogP contribution in [-0.2, 0) is 9.53 Å². The first-order valence-corrected chi connectivity index (χ1v) is 14.8. The number of aliphatic carboxylic acids is 1. The van der Waals surface area contributed by atoms with Crippen LogP contribution in [0.2, 0.25) is 0 Å². The Labute approximate surface area is 217 Å². The number of carboxylic acid groups (broad SMARTS) is 1. The number of hydrogen-bond donors (Lipinski definition) is 1. The van der Waals surface area contributed by atoms with Crippen LogP contribution in [0.25, 0.3) is 0 Å². The number of likely N-dealkylation sites (N-methyl/N-ethyl adjacent to an activating group) is 1. The van der Waals surface area contributed by atoms with Crippen LogP contribution in [0.4, 0.5) is 4.79 Å². The van der Waals surface area contributed by atoms with Crippen molar-refractivity contribution in [3.8, 4) is 0 Å². The molecule has 1 atom stereocenters. The van der Waals surface area contributed by atoms with E-state index in [1.165, 1.54) is 96.3 Å². The fourth-order valence-corrected chi connectivity index (χ4v) is 4.74. The molecule has 35 heavy (non-hydrogen) atoms. The molecule has 0 heterocycles. The molecule has 0 aromatic heterocycles. The summed E-state index contributed by atoms with van der Waals surface area (Å²) in [6.07, 6.45) is 22.5. The van der Waals surface area contributed by atoms with Gasteiger partial charge in [-0.1, -0.05) is 103 Å². The van der Waals surface area contributed by atoms with Crippen LogP contribution in [0.3, 0.4) is 0 Å². The van der Waals surface area contributed by atoms with Crippen molar-refractivity contribution < 1.29 is 23.9 Å². The van der Waals surface area contributed by atoms with Gasteiger partial charge in [0.1, 0.15) is 6.54 Å². The number of unbranched alkanes of at least 4 members (excludes halogenated alkanes) is 15. The Kier molecular flexibility index (Phi) is 22.3. The van der Waals surface area contributed by atoms with E-state index in [-0.39, 0.29) is 18.6 Å². The normalized spacial score (nSPS) is 12.5. The lowest BCUT2D eigenvalue weighted by Crippen LogP contribution is -2.48. The van der Waals surface area contributed by atoms with Crippen molar-refractivity contribution in [2.45, 2.75) is 142 Å². The molecule has 0 aliphatic rings. The maximum Gasteiger partial charge on any atom is 0.407 e. The number of carbonyl (C=O) groups is 2. The summed E-state index contributed by atoms with van der Waals surface area (Å²) in [4.78, 5) is 22.7. The fourth-order valence-electron chi connectivity index (χ4n) is 4.74. The summed E-state index contributed by atoms with van der Waals surface area (Å²) in [6.45, 7) is 6.13. The molecule has 6 heteroatoms. The van der Waals surface area contributed by atoms with Gasteiger partial charge in [-0.3, -0.25) is 0 Å². The third kappa shape index (κ3) is 24.2. The van der Waals surface area contributed by atoms with Crippen molar-refractivity contribution >= 4 is 12.1 Å². The van der Waals surface area contributed by atoms with Gasteiger partial charge >= 0.3 is 6.09 Å². The molecule has 0 rings (SSSR count). The predicted molar refractivity (Wildman–Crippen MR) is 144 cm³/mol. The summed E-state index contributed by atoms with van der Waals surface area (Å²) in [5, 5.41) is 13.4. The molecule has 0 spiro atoms. The number of nitrogens with zero attached hydrogens (tertiary/aromatic N) is 1. The number of carbonyl (C=O) groups excluding carboxylic acids is 2. The first-order valence-electron chi connectivity index (χ1n) is 14.8. The highest BCUT2D eigenvalue weighted by atomic mass is 16.6. The van der Waals surface area contributed by atoms with E-state index in [1.54, 1.807) is 0 Å². The Morgan fingerprint density at radius 1 is 0.743 bits per heavy atom. The zero-order chi connectivity index (χ0) is 26.2. The smallest absolute Gasteiger partial charge is 0.407 e. The second-order valence-corrected chi connectivity index (χ2v) is 11.0. The van der Waals surface area contributed by atoms with Gasteiger partial charge in [-0.2, -0.15) is 0 Å². The van der Waals surface area contributed by atoms with E-state index in [2.05, 4.69) is 26.3 Å². The highest BCUT2D eigenvalue weighted by Crippen LogP contribution is 2.16. The largest absolute Gasteiger partial charge is 0.550 e. The number of ether oxygens (including phenoxy) is 1. The molecule has 0 aliphatic heterocycles. The SMILES string of the molecule is CCCCCCCCCCCCCCCCCCC(C[N+](C)(C)CCCC(=O)[O-])OC(=O)NCC. The standard InChI is InChI=1S/C29H58N2O4/c1-5-7-8-9-10-11-12-13-14-15-16-17-18-19-20-21-23-27(35-29(34)30-6-2)26-31(3,4)25-22-24-28(32)33/h27H,5-26H2,1-4H3,(H-,30,32,33,34). The molecule has 0 saturated heterocycles. The monoisotopic (exact) mass is 498 g/mol. The van der Waals surface area contributed by atoms with E-state index in [0.717, 1.165) is 19.4 Å². The van der Waals surface area contributed by atoms with Crippen LogP contribution >= 0.6 is 0 Å². The van der Waals surface area contributed by atoms with Crippen LogP contribution in [0.5, 0.6) is 0 Å².